The molecule has 1 saturated heterocycles. The van der Waals surface area contributed by atoms with Crippen molar-refractivity contribution in [3.63, 3.8) is 0 Å². The molecule has 1 aliphatic rings. The van der Waals surface area contributed by atoms with Gasteiger partial charge >= 0.3 is 5.69 Å². The second kappa shape index (κ2) is 6.27. The maximum absolute atomic E-state index is 12.2. The molecule has 8 heteroatoms. The predicted molar refractivity (Wildman–Crippen MR) is 92.5 cm³/mol. The van der Waals surface area contributed by atoms with Gasteiger partial charge in [0, 0.05) is 36.8 Å². The van der Waals surface area contributed by atoms with E-state index in [9.17, 15) is 14.7 Å². The lowest BCUT2D eigenvalue weighted by atomic mass is 9.88. The molecule has 0 amide bonds. The Hall–Kier alpha value is -1.77. The van der Waals surface area contributed by atoms with E-state index in [1.54, 1.807) is 25.2 Å². The maximum atomic E-state index is 12.2. The van der Waals surface area contributed by atoms with Crippen LogP contribution in [0.1, 0.15) is 35.7 Å². The average Bonchev–Trinajstić information content (AvgIpc) is 2.90. The van der Waals surface area contributed by atoms with Crippen molar-refractivity contribution in [1.29, 1.82) is 0 Å². The number of hydrogen-bond donors (Lipinski definition) is 2. The minimum Gasteiger partial charge on any atom is -0.388 e. The number of aromatic nitrogens is 3. The first-order valence-electron chi connectivity index (χ1n) is 7.94. The zero-order valence-corrected chi connectivity index (χ0v) is 14.9. The molecule has 24 heavy (non-hydrogen) atoms. The van der Waals surface area contributed by atoms with Gasteiger partial charge in [0.15, 0.2) is 0 Å². The van der Waals surface area contributed by atoms with Crippen molar-refractivity contribution in [3.05, 3.63) is 48.7 Å². The summed E-state index contributed by atoms with van der Waals surface area (Å²) in [6.45, 7) is 7.32. The highest BCUT2D eigenvalue weighted by molar-refractivity contribution is 7.09. The molecule has 2 aromatic heterocycles. The van der Waals surface area contributed by atoms with Crippen molar-refractivity contribution < 1.29 is 5.11 Å². The summed E-state index contributed by atoms with van der Waals surface area (Å²) in [7, 11) is 0. The average molecular weight is 350 g/mol. The van der Waals surface area contributed by atoms with E-state index in [0.717, 1.165) is 17.2 Å². The molecule has 0 aromatic carbocycles. The number of thiazole rings is 1. The first-order chi connectivity index (χ1) is 11.3. The quantitative estimate of drug-likeness (QED) is 0.855. The Morgan fingerprint density at radius 3 is 2.88 bits per heavy atom. The largest absolute Gasteiger partial charge is 0.388 e. The molecule has 0 unspecified atom stereocenters. The summed E-state index contributed by atoms with van der Waals surface area (Å²) in [5, 5.41) is 13.8. The summed E-state index contributed by atoms with van der Waals surface area (Å²) in [5.41, 5.74) is -0.424. The molecule has 7 nitrogen and oxygen atoms in total. The van der Waals surface area contributed by atoms with E-state index in [4.69, 9.17) is 0 Å². The lowest BCUT2D eigenvalue weighted by Crippen LogP contribution is -2.53. The Morgan fingerprint density at radius 2 is 2.21 bits per heavy atom. The molecule has 1 fully saturated rings. The fraction of sp³-hybridized carbons (Fsp3) is 0.562. The fourth-order valence-electron chi connectivity index (χ4n) is 3.14. The second-order valence-corrected chi connectivity index (χ2v) is 7.76. The van der Waals surface area contributed by atoms with E-state index in [1.807, 2.05) is 12.3 Å². The zero-order valence-electron chi connectivity index (χ0n) is 14.1. The third-order valence-corrected chi connectivity index (χ3v) is 5.44. The van der Waals surface area contributed by atoms with Crippen molar-refractivity contribution in [1.82, 2.24) is 19.4 Å². The number of rotatable bonds is 3. The molecule has 0 bridgehead atoms. The standard InChI is InChI=1S/C16H22N4O3S/c1-10-6-20(15(22)18-14(10)21)13-8-19(5-4-16(13,3)23)7-12-9-24-11(2)17-12/h6,9,13,23H,4-5,7-8H2,1-3H3,(H,18,21,22)/t13-,16-/m1/s1. The number of likely N-dealkylation sites (tertiary alicyclic amines) is 1. The summed E-state index contributed by atoms with van der Waals surface area (Å²) in [6, 6.07) is -0.422. The van der Waals surface area contributed by atoms with Gasteiger partial charge in [0.25, 0.3) is 5.56 Å². The fourth-order valence-corrected chi connectivity index (χ4v) is 3.75. The molecule has 2 atom stereocenters. The first kappa shape index (κ1) is 17.1. The highest BCUT2D eigenvalue weighted by Gasteiger charge is 2.39. The Kier molecular flexibility index (Phi) is 4.46. The van der Waals surface area contributed by atoms with Crippen LogP contribution in [-0.4, -0.2) is 43.2 Å². The number of aryl methyl sites for hydroxylation is 2. The molecule has 130 valence electrons. The van der Waals surface area contributed by atoms with Crippen molar-refractivity contribution in [2.75, 3.05) is 13.1 Å². The normalized spacial score (nSPS) is 25.1. The molecule has 0 aliphatic carbocycles. The summed E-state index contributed by atoms with van der Waals surface area (Å²) >= 11 is 1.61. The smallest absolute Gasteiger partial charge is 0.328 e. The SMILES string of the molecule is Cc1nc(CN2CC[C@@](C)(O)[C@H](n3cc(C)c(=O)[nH]c3=O)C2)cs1. The van der Waals surface area contributed by atoms with Crippen molar-refractivity contribution in [3.8, 4) is 0 Å². The highest BCUT2D eigenvalue weighted by atomic mass is 32.1. The Labute approximate surface area is 143 Å². The van der Waals surface area contributed by atoms with Gasteiger partial charge in [0.05, 0.1) is 22.3 Å². The molecule has 0 spiro atoms. The molecule has 2 aromatic rings. The van der Waals surface area contributed by atoms with Gasteiger partial charge in [0.2, 0.25) is 0 Å². The molecular formula is C16H22N4O3S. The Bertz CT molecular complexity index is 851. The van der Waals surface area contributed by atoms with E-state index in [-0.39, 0.29) is 5.56 Å². The third kappa shape index (κ3) is 3.35. The summed E-state index contributed by atoms with van der Waals surface area (Å²) < 4.78 is 1.45. The number of nitrogens with zero attached hydrogens (tertiary/aromatic N) is 3. The number of aliphatic hydroxyl groups is 1. The molecule has 3 rings (SSSR count). The number of nitrogens with one attached hydrogen (secondary N) is 1. The highest BCUT2D eigenvalue weighted by Crippen LogP contribution is 2.31. The van der Waals surface area contributed by atoms with Crippen LogP contribution in [0, 0.1) is 13.8 Å². The van der Waals surface area contributed by atoms with Crippen LogP contribution in [0.5, 0.6) is 0 Å². The number of H-pyrrole nitrogens is 1. The Morgan fingerprint density at radius 1 is 1.46 bits per heavy atom. The topological polar surface area (TPSA) is 91.2 Å². The van der Waals surface area contributed by atoms with Gasteiger partial charge in [-0.3, -0.25) is 19.2 Å². The van der Waals surface area contributed by atoms with Crippen LogP contribution in [0.2, 0.25) is 0 Å². The van der Waals surface area contributed by atoms with Gasteiger partial charge in [0.1, 0.15) is 0 Å². The van der Waals surface area contributed by atoms with Gasteiger partial charge in [-0.05, 0) is 27.2 Å². The number of aromatic amines is 1. The first-order valence-corrected chi connectivity index (χ1v) is 8.82. The summed E-state index contributed by atoms with van der Waals surface area (Å²) in [4.78, 5) is 32.8. The van der Waals surface area contributed by atoms with Crippen LogP contribution < -0.4 is 11.2 Å². The lowest BCUT2D eigenvalue weighted by Gasteiger charge is -2.43. The van der Waals surface area contributed by atoms with Crippen LogP contribution in [0.15, 0.2) is 21.2 Å². The zero-order chi connectivity index (χ0) is 17.5. The predicted octanol–water partition coefficient (Wildman–Crippen LogP) is 0.808. The van der Waals surface area contributed by atoms with Crippen LogP contribution >= 0.6 is 11.3 Å². The van der Waals surface area contributed by atoms with E-state index in [1.165, 1.54) is 10.8 Å². The van der Waals surface area contributed by atoms with Gasteiger partial charge in [-0.25, -0.2) is 9.78 Å². The summed E-state index contributed by atoms with van der Waals surface area (Å²) in [6.07, 6.45) is 2.09. The van der Waals surface area contributed by atoms with E-state index in [2.05, 4.69) is 14.9 Å². The minimum absolute atomic E-state index is 0.387. The number of piperidine rings is 1. The minimum atomic E-state index is -1.01. The second-order valence-electron chi connectivity index (χ2n) is 6.69. The lowest BCUT2D eigenvalue weighted by molar-refractivity contribution is -0.0545. The third-order valence-electron chi connectivity index (χ3n) is 4.62. The van der Waals surface area contributed by atoms with Gasteiger partial charge in [-0.2, -0.15) is 0 Å². The monoisotopic (exact) mass is 350 g/mol. The number of hydrogen-bond acceptors (Lipinski definition) is 6. The van der Waals surface area contributed by atoms with E-state index < -0.39 is 17.3 Å². The molecule has 2 N–H and O–H groups in total. The van der Waals surface area contributed by atoms with Gasteiger partial charge in [-0.1, -0.05) is 0 Å². The van der Waals surface area contributed by atoms with E-state index in [0.29, 0.717) is 25.1 Å². The molecule has 1 aliphatic heterocycles. The van der Waals surface area contributed by atoms with Crippen LogP contribution in [-0.2, 0) is 6.54 Å². The summed E-state index contributed by atoms with van der Waals surface area (Å²) in [5.74, 6) is 0. The van der Waals surface area contributed by atoms with Gasteiger partial charge in [-0.15, -0.1) is 11.3 Å². The van der Waals surface area contributed by atoms with Crippen LogP contribution in [0.3, 0.4) is 0 Å². The van der Waals surface area contributed by atoms with Crippen LogP contribution in [0.4, 0.5) is 0 Å². The van der Waals surface area contributed by atoms with Crippen molar-refractivity contribution in [2.24, 2.45) is 0 Å². The maximum Gasteiger partial charge on any atom is 0.328 e. The molecule has 0 radical (unpaired) electrons. The molecular weight excluding hydrogens is 328 g/mol. The van der Waals surface area contributed by atoms with Crippen LogP contribution in [0.25, 0.3) is 0 Å². The van der Waals surface area contributed by atoms with Crippen molar-refractivity contribution >= 4 is 11.3 Å². The molecule has 3 heterocycles. The van der Waals surface area contributed by atoms with E-state index >= 15 is 0 Å². The molecule has 0 saturated carbocycles. The van der Waals surface area contributed by atoms with Crippen molar-refractivity contribution in [2.45, 2.75) is 45.4 Å². The van der Waals surface area contributed by atoms with Gasteiger partial charge < -0.3 is 5.11 Å². The Balaban J connectivity index is 1.88.